The molecule has 144 valence electrons. The highest BCUT2D eigenvalue weighted by Crippen LogP contribution is 2.18. The summed E-state index contributed by atoms with van der Waals surface area (Å²) >= 11 is 1.54. The number of rotatable bonds is 6. The van der Waals surface area contributed by atoms with Crippen LogP contribution in [0.4, 0.5) is 0 Å². The van der Waals surface area contributed by atoms with Crippen molar-refractivity contribution in [2.45, 2.75) is 13.2 Å². The van der Waals surface area contributed by atoms with Crippen molar-refractivity contribution in [3.63, 3.8) is 0 Å². The van der Waals surface area contributed by atoms with Gasteiger partial charge in [-0.1, -0.05) is 6.07 Å². The molecule has 0 bridgehead atoms. The molecule has 7 heteroatoms. The zero-order valence-corrected chi connectivity index (χ0v) is 16.3. The van der Waals surface area contributed by atoms with Gasteiger partial charge in [0, 0.05) is 56.1 Å². The SMILES string of the molecule is O=C(c1cccc(OCc2cscn2)c1)N1CCN(Cc2ccncc2)CC1. The molecule has 2 aromatic heterocycles. The monoisotopic (exact) mass is 394 g/mol. The Morgan fingerprint density at radius 3 is 2.68 bits per heavy atom. The van der Waals surface area contributed by atoms with Crippen molar-refractivity contribution in [3.05, 3.63) is 76.5 Å². The Labute approximate surface area is 168 Å². The number of carbonyl (C=O) groups is 1. The summed E-state index contributed by atoms with van der Waals surface area (Å²) in [6.45, 7) is 4.50. The molecule has 3 heterocycles. The van der Waals surface area contributed by atoms with Gasteiger partial charge >= 0.3 is 0 Å². The molecule has 1 saturated heterocycles. The first-order valence-electron chi connectivity index (χ1n) is 9.28. The van der Waals surface area contributed by atoms with Crippen molar-refractivity contribution in [2.75, 3.05) is 26.2 Å². The van der Waals surface area contributed by atoms with Gasteiger partial charge in [-0.3, -0.25) is 14.7 Å². The third-order valence-electron chi connectivity index (χ3n) is 4.77. The standard InChI is InChI=1S/C21H22N4O2S/c26-21(18-2-1-3-20(12-18)27-14-19-15-28-16-23-19)25-10-8-24(9-11-25)13-17-4-6-22-7-5-17/h1-7,12,15-16H,8-11,13-14H2. The molecule has 3 aromatic rings. The van der Waals surface area contributed by atoms with E-state index in [1.165, 1.54) is 5.56 Å². The van der Waals surface area contributed by atoms with Crippen LogP contribution >= 0.6 is 11.3 Å². The summed E-state index contributed by atoms with van der Waals surface area (Å²) in [7, 11) is 0. The second-order valence-corrected chi connectivity index (χ2v) is 7.44. The van der Waals surface area contributed by atoms with Crippen LogP contribution in [-0.2, 0) is 13.2 Å². The molecule has 28 heavy (non-hydrogen) atoms. The Morgan fingerprint density at radius 2 is 1.93 bits per heavy atom. The Bertz CT molecular complexity index is 894. The summed E-state index contributed by atoms with van der Waals surface area (Å²) in [6, 6.07) is 11.5. The summed E-state index contributed by atoms with van der Waals surface area (Å²) in [4.78, 5) is 25.4. The molecule has 6 nitrogen and oxygen atoms in total. The normalized spacial score (nSPS) is 14.8. The Balaban J connectivity index is 1.31. The fourth-order valence-corrected chi connectivity index (χ4v) is 3.77. The number of aromatic nitrogens is 2. The van der Waals surface area contributed by atoms with Gasteiger partial charge in [-0.2, -0.15) is 0 Å². The molecule has 1 fully saturated rings. The van der Waals surface area contributed by atoms with Gasteiger partial charge in [-0.05, 0) is 35.9 Å². The zero-order valence-electron chi connectivity index (χ0n) is 15.5. The van der Waals surface area contributed by atoms with E-state index < -0.39 is 0 Å². The fraction of sp³-hybridized carbons (Fsp3) is 0.286. The van der Waals surface area contributed by atoms with Crippen molar-refractivity contribution >= 4 is 17.2 Å². The minimum Gasteiger partial charge on any atom is -0.487 e. The van der Waals surface area contributed by atoms with Crippen molar-refractivity contribution in [1.29, 1.82) is 0 Å². The van der Waals surface area contributed by atoms with Gasteiger partial charge in [0.05, 0.1) is 11.2 Å². The van der Waals surface area contributed by atoms with Crippen molar-refractivity contribution < 1.29 is 9.53 Å². The number of ether oxygens (including phenoxy) is 1. The van der Waals surface area contributed by atoms with Gasteiger partial charge in [-0.25, -0.2) is 4.98 Å². The smallest absolute Gasteiger partial charge is 0.254 e. The largest absolute Gasteiger partial charge is 0.487 e. The van der Waals surface area contributed by atoms with Crippen molar-refractivity contribution in [2.24, 2.45) is 0 Å². The number of piperazine rings is 1. The summed E-state index contributed by atoms with van der Waals surface area (Å²) < 4.78 is 5.77. The van der Waals surface area contributed by atoms with Gasteiger partial charge in [0.25, 0.3) is 5.91 Å². The van der Waals surface area contributed by atoms with Crippen LogP contribution in [0.15, 0.2) is 59.7 Å². The van der Waals surface area contributed by atoms with E-state index in [-0.39, 0.29) is 5.91 Å². The van der Waals surface area contributed by atoms with Gasteiger partial charge in [-0.15, -0.1) is 11.3 Å². The lowest BCUT2D eigenvalue weighted by atomic mass is 10.1. The molecule has 0 unspecified atom stereocenters. The number of amides is 1. The average molecular weight is 395 g/mol. The van der Waals surface area contributed by atoms with E-state index >= 15 is 0 Å². The summed E-state index contributed by atoms with van der Waals surface area (Å²) in [5, 5.41) is 1.96. The quantitative estimate of drug-likeness (QED) is 0.643. The molecule has 0 saturated carbocycles. The maximum absolute atomic E-state index is 12.9. The third kappa shape index (κ3) is 4.74. The van der Waals surface area contributed by atoms with E-state index in [4.69, 9.17) is 4.74 Å². The summed E-state index contributed by atoms with van der Waals surface area (Å²) in [6.07, 6.45) is 3.64. The molecule has 0 aliphatic carbocycles. The number of pyridine rings is 1. The highest BCUT2D eigenvalue weighted by Gasteiger charge is 2.22. The highest BCUT2D eigenvalue weighted by molar-refractivity contribution is 7.07. The second-order valence-electron chi connectivity index (χ2n) is 6.72. The number of hydrogen-bond acceptors (Lipinski definition) is 6. The number of hydrogen-bond donors (Lipinski definition) is 0. The highest BCUT2D eigenvalue weighted by atomic mass is 32.1. The first-order chi connectivity index (χ1) is 13.8. The lowest BCUT2D eigenvalue weighted by molar-refractivity contribution is 0.0628. The molecule has 1 aromatic carbocycles. The van der Waals surface area contributed by atoms with Gasteiger partial charge in [0.1, 0.15) is 12.4 Å². The molecule has 0 spiro atoms. The van der Waals surface area contributed by atoms with E-state index in [1.54, 1.807) is 16.8 Å². The lowest BCUT2D eigenvalue weighted by Crippen LogP contribution is -2.48. The van der Waals surface area contributed by atoms with E-state index in [1.807, 2.05) is 59.1 Å². The minimum absolute atomic E-state index is 0.0580. The van der Waals surface area contributed by atoms with Gasteiger partial charge in [0.15, 0.2) is 0 Å². The van der Waals surface area contributed by atoms with E-state index in [2.05, 4.69) is 14.9 Å². The number of benzene rings is 1. The average Bonchev–Trinajstić information content (AvgIpc) is 3.27. The Hall–Kier alpha value is -2.77. The van der Waals surface area contributed by atoms with Gasteiger partial charge in [0.2, 0.25) is 0 Å². The molecule has 0 N–H and O–H groups in total. The zero-order chi connectivity index (χ0) is 19.2. The first-order valence-corrected chi connectivity index (χ1v) is 10.2. The van der Waals surface area contributed by atoms with Crippen LogP contribution in [0.2, 0.25) is 0 Å². The Morgan fingerprint density at radius 1 is 1.11 bits per heavy atom. The number of carbonyl (C=O) groups excluding carboxylic acids is 1. The Kier molecular flexibility index (Phi) is 5.94. The molecular weight excluding hydrogens is 372 g/mol. The molecule has 4 rings (SSSR count). The maximum Gasteiger partial charge on any atom is 0.254 e. The van der Waals surface area contributed by atoms with Crippen LogP contribution in [0, 0.1) is 0 Å². The minimum atomic E-state index is 0.0580. The third-order valence-corrected chi connectivity index (χ3v) is 5.40. The van der Waals surface area contributed by atoms with E-state index in [9.17, 15) is 4.79 Å². The molecule has 0 atom stereocenters. The van der Waals surface area contributed by atoms with Crippen LogP contribution in [-0.4, -0.2) is 51.9 Å². The van der Waals surface area contributed by atoms with E-state index in [0.717, 1.165) is 38.4 Å². The van der Waals surface area contributed by atoms with Crippen molar-refractivity contribution in [3.8, 4) is 5.75 Å². The molecular formula is C21H22N4O2S. The topological polar surface area (TPSA) is 58.6 Å². The lowest BCUT2D eigenvalue weighted by Gasteiger charge is -2.34. The second kappa shape index (κ2) is 8.95. The number of thiazole rings is 1. The predicted octanol–water partition coefficient (Wildman–Crippen LogP) is 3.08. The van der Waals surface area contributed by atoms with Crippen LogP contribution in [0.3, 0.4) is 0 Å². The van der Waals surface area contributed by atoms with Gasteiger partial charge < -0.3 is 9.64 Å². The summed E-state index contributed by atoms with van der Waals surface area (Å²) in [5.74, 6) is 0.748. The molecule has 1 aliphatic heterocycles. The van der Waals surface area contributed by atoms with Crippen LogP contribution in [0.25, 0.3) is 0 Å². The van der Waals surface area contributed by atoms with Crippen LogP contribution in [0.1, 0.15) is 21.6 Å². The van der Waals surface area contributed by atoms with E-state index in [0.29, 0.717) is 17.9 Å². The van der Waals surface area contributed by atoms with Crippen LogP contribution in [0.5, 0.6) is 5.75 Å². The molecule has 1 amide bonds. The fourth-order valence-electron chi connectivity index (χ4n) is 3.22. The number of nitrogens with zero attached hydrogens (tertiary/aromatic N) is 4. The predicted molar refractivity (Wildman–Crippen MR) is 108 cm³/mol. The van der Waals surface area contributed by atoms with Crippen molar-refractivity contribution in [1.82, 2.24) is 19.8 Å². The maximum atomic E-state index is 12.9. The summed E-state index contributed by atoms with van der Waals surface area (Å²) in [5.41, 5.74) is 4.60. The molecule has 0 radical (unpaired) electrons. The molecule has 1 aliphatic rings. The first kappa shape index (κ1) is 18.6. The van der Waals surface area contributed by atoms with Crippen LogP contribution < -0.4 is 4.74 Å².